The van der Waals surface area contributed by atoms with E-state index in [1.807, 2.05) is 24.3 Å². The molecule has 3 nitrogen and oxygen atoms in total. The van der Waals surface area contributed by atoms with E-state index in [2.05, 4.69) is 47.8 Å². The van der Waals surface area contributed by atoms with E-state index in [0.717, 1.165) is 10.0 Å². The first-order valence-corrected chi connectivity index (χ1v) is 6.32. The fourth-order valence-corrected chi connectivity index (χ4v) is 1.98. The van der Waals surface area contributed by atoms with Crippen molar-refractivity contribution in [3.05, 3.63) is 44.4 Å². The molecular formula is C8H6Br3NO2. The number of nitrogens with zero attached hydrogens (tertiary/aromatic N) is 1. The summed E-state index contributed by atoms with van der Waals surface area (Å²) in [6.07, 6.45) is 0. The van der Waals surface area contributed by atoms with Gasteiger partial charge in [0.2, 0.25) is 0 Å². The van der Waals surface area contributed by atoms with Gasteiger partial charge in [0.25, 0.3) is 4.95 Å². The Morgan fingerprint density at radius 1 is 1.21 bits per heavy atom. The zero-order valence-electron chi connectivity index (χ0n) is 6.86. The normalized spacial score (nSPS) is 14.8. The minimum atomic E-state index is -0.816. The maximum Gasteiger partial charge on any atom is 0.282 e. The Balaban J connectivity index is 2.84. The molecule has 0 aliphatic rings. The molecule has 6 heteroatoms. The van der Waals surface area contributed by atoms with Crippen molar-refractivity contribution >= 4 is 47.8 Å². The fourth-order valence-electron chi connectivity index (χ4n) is 0.912. The monoisotopic (exact) mass is 385 g/mol. The number of nitro groups is 1. The van der Waals surface area contributed by atoms with Crippen LogP contribution in [0.3, 0.4) is 0 Å². The number of rotatable bonds is 3. The second-order valence-corrected chi connectivity index (χ2v) is 5.45. The number of hydrogen-bond acceptors (Lipinski definition) is 2. The summed E-state index contributed by atoms with van der Waals surface area (Å²) in [5.41, 5.74) is 0.867. The molecule has 76 valence electrons. The lowest BCUT2D eigenvalue weighted by atomic mass is 10.1. The third kappa shape index (κ3) is 3.03. The van der Waals surface area contributed by atoms with Crippen LogP contribution in [-0.4, -0.2) is 9.87 Å². The smallest absolute Gasteiger partial charge is 0.263 e. The average molecular weight is 388 g/mol. The number of benzene rings is 1. The molecule has 0 fully saturated rings. The standard InChI is InChI=1S/C8H6Br3NO2/c9-6-3-1-5(2-4-6)7(10)8(11)12(13)14/h1-4,7-8H. The minimum Gasteiger partial charge on any atom is -0.263 e. The molecule has 14 heavy (non-hydrogen) atoms. The predicted molar refractivity (Wildman–Crippen MR) is 65.5 cm³/mol. The lowest BCUT2D eigenvalue weighted by molar-refractivity contribution is -0.492. The molecule has 0 aliphatic heterocycles. The van der Waals surface area contributed by atoms with E-state index in [9.17, 15) is 10.1 Å². The molecule has 0 spiro atoms. The maximum absolute atomic E-state index is 10.5. The van der Waals surface area contributed by atoms with E-state index in [1.165, 1.54) is 0 Å². The van der Waals surface area contributed by atoms with Crippen molar-refractivity contribution in [1.82, 2.24) is 0 Å². The zero-order valence-corrected chi connectivity index (χ0v) is 11.6. The summed E-state index contributed by atoms with van der Waals surface area (Å²) < 4.78 is 0.952. The molecule has 0 aromatic heterocycles. The van der Waals surface area contributed by atoms with E-state index in [4.69, 9.17) is 0 Å². The molecule has 2 unspecified atom stereocenters. The molecular weight excluding hydrogens is 382 g/mol. The molecule has 0 radical (unpaired) electrons. The lowest BCUT2D eigenvalue weighted by Crippen LogP contribution is -2.16. The highest BCUT2D eigenvalue weighted by Crippen LogP contribution is 2.31. The van der Waals surface area contributed by atoms with Gasteiger partial charge in [0.15, 0.2) is 0 Å². The first kappa shape index (κ1) is 12.1. The van der Waals surface area contributed by atoms with E-state index >= 15 is 0 Å². The van der Waals surface area contributed by atoms with Crippen molar-refractivity contribution < 1.29 is 4.92 Å². The molecule has 1 rings (SSSR count). The van der Waals surface area contributed by atoms with Crippen molar-refractivity contribution in [3.63, 3.8) is 0 Å². The summed E-state index contributed by atoms with van der Waals surface area (Å²) in [6, 6.07) is 7.37. The lowest BCUT2D eigenvalue weighted by Gasteiger charge is -2.10. The zero-order chi connectivity index (χ0) is 10.7. The van der Waals surface area contributed by atoms with Crippen molar-refractivity contribution in [3.8, 4) is 0 Å². The van der Waals surface area contributed by atoms with Crippen LogP contribution in [0.2, 0.25) is 0 Å². The van der Waals surface area contributed by atoms with Crippen molar-refractivity contribution in [2.24, 2.45) is 0 Å². The van der Waals surface area contributed by atoms with Crippen molar-refractivity contribution in [2.45, 2.75) is 9.78 Å². The van der Waals surface area contributed by atoms with Crippen LogP contribution in [-0.2, 0) is 0 Å². The molecule has 0 saturated carbocycles. The molecule has 0 heterocycles. The summed E-state index contributed by atoms with van der Waals surface area (Å²) in [5.74, 6) is 0. The van der Waals surface area contributed by atoms with Crippen LogP contribution in [0.25, 0.3) is 0 Å². The minimum absolute atomic E-state index is 0.328. The predicted octanol–water partition coefficient (Wildman–Crippen LogP) is 3.88. The third-order valence-electron chi connectivity index (χ3n) is 1.63. The van der Waals surface area contributed by atoms with Gasteiger partial charge in [-0.3, -0.25) is 10.1 Å². The largest absolute Gasteiger partial charge is 0.282 e. The van der Waals surface area contributed by atoms with Gasteiger partial charge in [-0.2, -0.15) is 0 Å². The fraction of sp³-hybridized carbons (Fsp3) is 0.250. The van der Waals surface area contributed by atoms with E-state index in [1.54, 1.807) is 0 Å². The Hall–Kier alpha value is 0.0600. The number of alkyl halides is 2. The highest BCUT2D eigenvalue weighted by molar-refractivity contribution is 9.12. The van der Waals surface area contributed by atoms with E-state index < -0.39 is 4.95 Å². The van der Waals surface area contributed by atoms with Crippen LogP contribution < -0.4 is 0 Å². The quantitative estimate of drug-likeness (QED) is 0.342. The molecule has 0 amide bonds. The molecule has 0 N–H and O–H groups in total. The average Bonchev–Trinajstić information content (AvgIpc) is 2.16. The van der Waals surface area contributed by atoms with Crippen LogP contribution in [0, 0.1) is 10.1 Å². The van der Waals surface area contributed by atoms with Gasteiger partial charge in [-0.25, -0.2) is 0 Å². The Labute approximate surface area is 106 Å². The van der Waals surface area contributed by atoms with Crippen molar-refractivity contribution in [2.75, 3.05) is 0 Å². The first-order chi connectivity index (χ1) is 6.52. The Morgan fingerprint density at radius 2 is 1.71 bits per heavy atom. The number of halogens is 3. The molecule has 1 aromatic rings. The van der Waals surface area contributed by atoms with Gasteiger partial charge in [0, 0.05) is 9.40 Å². The van der Waals surface area contributed by atoms with Crippen LogP contribution in [0.5, 0.6) is 0 Å². The van der Waals surface area contributed by atoms with Crippen LogP contribution in [0.1, 0.15) is 10.4 Å². The maximum atomic E-state index is 10.5. The molecule has 2 atom stereocenters. The summed E-state index contributed by atoms with van der Waals surface area (Å²) >= 11 is 9.58. The van der Waals surface area contributed by atoms with E-state index in [-0.39, 0.29) is 9.75 Å². The first-order valence-electron chi connectivity index (χ1n) is 3.69. The highest BCUT2D eigenvalue weighted by atomic mass is 79.9. The van der Waals surface area contributed by atoms with Gasteiger partial charge in [-0.15, -0.1) is 0 Å². The molecule has 0 bridgehead atoms. The Kier molecular flexibility index (Phi) is 4.53. The van der Waals surface area contributed by atoms with Crippen LogP contribution in [0.15, 0.2) is 28.7 Å². The van der Waals surface area contributed by atoms with Crippen molar-refractivity contribution in [1.29, 1.82) is 0 Å². The highest BCUT2D eigenvalue weighted by Gasteiger charge is 2.27. The SMILES string of the molecule is O=[N+]([O-])C(Br)C(Br)c1ccc(Br)cc1. The Morgan fingerprint density at radius 3 is 2.14 bits per heavy atom. The second-order valence-electron chi connectivity index (χ2n) is 2.61. The van der Waals surface area contributed by atoms with Gasteiger partial charge in [0.05, 0.1) is 0 Å². The Bertz CT molecular complexity index is 328. The second kappa shape index (κ2) is 5.23. The van der Waals surface area contributed by atoms with Crippen LogP contribution in [0.4, 0.5) is 0 Å². The third-order valence-corrected chi connectivity index (χ3v) is 4.76. The number of hydrogen-bond donors (Lipinski definition) is 0. The van der Waals surface area contributed by atoms with E-state index in [0.29, 0.717) is 0 Å². The topological polar surface area (TPSA) is 43.1 Å². The molecule has 0 aliphatic carbocycles. The van der Waals surface area contributed by atoms with Gasteiger partial charge in [-0.1, -0.05) is 44.0 Å². The summed E-state index contributed by atoms with van der Waals surface area (Å²) in [6.45, 7) is 0. The molecule has 1 aromatic carbocycles. The van der Waals surface area contributed by atoms with Gasteiger partial charge in [0.1, 0.15) is 4.83 Å². The van der Waals surface area contributed by atoms with Gasteiger partial charge < -0.3 is 0 Å². The molecule has 0 saturated heterocycles. The summed E-state index contributed by atoms with van der Waals surface area (Å²) in [5, 5.41) is 10.5. The van der Waals surface area contributed by atoms with Gasteiger partial charge in [-0.05, 0) is 33.6 Å². The summed E-state index contributed by atoms with van der Waals surface area (Å²) in [4.78, 5) is 8.98. The summed E-state index contributed by atoms with van der Waals surface area (Å²) in [7, 11) is 0. The van der Waals surface area contributed by atoms with Gasteiger partial charge >= 0.3 is 0 Å². The van der Waals surface area contributed by atoms with Crippen LogP contribution >= 0.6 is 47.8 Å².